The van der Waals surface area contributed by atoms with Crippen LogP contribution < -0.4 is 5.73 Å². The molecule has 2 rings (SSSR count). The van der Waals surface area contributed by atoms with E-state index in [2.05, 4.69) is 20.8 Å². The average Bonchev–Trinajstić information content (AvgIpc) is 2.22. The van der Waals surface area contributed by atoms with Crippen LogP contribution in [0.4, 0.5) is 5.69 Å². The van der Waals surface area contributed by atoms with Gasteiger partial charge in [-0.05, 0) is 23.8 Å². The molecular formula is C12H16BrN3O. The number of amides is 1. The third kappa shape index (κ3) is 3.20. The van der Waals surface area contributed by atoms with Crippen LogP contribution in [0.1, 0.15) is 5.56 Å². The standard InChI is InChI=1S/C12H16BrN3O/c1-15-2-3-16(8-12(15)17)7-9-4-10(13)6-11(14)5-9/h4-6H,2-3,7-8,14H2,1H3. The second kappa shape index (κ2) is 5.06. The van der Waals surface area contributed by atoms with Crippen molar-refractivity contribution in [3.8, 4) is 0 Å². The van der Waals surface area contributed by atoms with Crippen molar-refractivity contribution in [1.29, 1.82) is 0 Å². The monoisotopic (exact) mass is 297 g/mol. The highest BCUT2D eigenvalue weighted by molar-refractivity contribution is 9.10. The van der Waals surface area contributed by atoms with Gasteiger partial charge < -0.3 is 10.6 Å². The van der Waals surface area contributed by atoms with Crippen molar-refractivity contribution < 1.29 is 4.79 Å². The Hall–Kier alpha value is -1.07. The zero-order valence-electron chi connectivity index (χ0n) is 9.82. The lowest BCUT2D eigenvalue weighted by molar-refractivity contribution is -0.134. The maximum absolute atomic E-state index is 11.6. The molecule has 1 amide bonds. The van der Waals surface area contributed by atoms with Crippen molar-refractivity contribution >= 4 is 27.5 Å². The van der Waals surface area contributed by atoms with E-state index in [9.17, 15) is 4.79 Å². The number of carbonyl (C=O) groups is 1. The van der Waals surface area contributed by atoms with Gasteiger partial charge in [0.1, 0.15) is 0 Å². The second-order valence-electron chi connectivity index (χ2n) is 4.42. The predicted octanol–water partition coefficient (Wildman–Crippen LogP) is 1.31. The summed E-state index contributed by atoms with van der Waals surface area (Å²) in [6, 6.07) is 5.87. The van der Waals surface area contributed by atoms with E-state index in [0.717, 1.165) is 35.4 Å². The second-order valence-corrected chi connectivity index (χ2v) is 5.33. The van der Waals surface area contributed by atoms with Crippen molar-refractivity contribution in [1.82, 2.24) is 9.80 Å². The average molecular weight is 298 g/mol. The Morgan fingerprint density at radius 1 is 1.35 bits per heavy atom. The molecule has 17 heavy (non-hydrogen) atoms. The predicted molar refractivity (Wildman–Crippen MR) is 71.5 cm³/mol. The van der Waals surface area contributed by atoms with E-state index in [1.54, 1.807) is 4.90 Å². The lowest BCUT2D eigenvalue weighted by Gasteiger charge is -2.31. The number of rotatable bonds is 2. The smallest absolute Gasteiger partial charge is 0.236 e. The van der Waals surface area contributed by atoms with E-state index in [4.69, 9.17) is 5.73 Å². The SMILES string of the molecule is CN1CCN(Cc2cc(N)cc(Br)c2)CC1=O. The van der Waals surface area contributed by atoms with E-state index in [0.29, 0.717) is 6.54 Å². The van der Waals surface area contributed by atoms with Crippen LogP contribution in [-0.2, 0) is 11.3 Å². The molecular weight excluding hydrogens is 282 g/mol. The van der Waals surface area contributed by atoms with E-state index in [1.807, 2.05) is 25.2 Å². The Kier molecular flexibility index (Phi) is 3.69. The normalized spacial score (nSPS) is 17.5. The third-order valence-electron chi connectivity index (χ3n) is 2.92. The van der Waals surface area contributed by atoms with E-state index in [1.165, 1.54) is 0 Å². The van der Waals surface area contributed by atoms with Gasteiger partial charge in [-0.25, -0.2) is 0 Å². The van der Waals surface area contributed by atoms with Crippen LogP contribution in [0.25, 0.3) is 0 Å². The molecule has 1 heterocycles. The van der Waals surface area contributed by atoms with Gasteiger partial charge in [-0.3, -0.25) is 9.69 Å². The van der Waals surface area contributed by atoms with Crippen LogP contribution in [0.2, 0.25) is 0 Å². The number of anilines is 1. The highest BCUT2D eigenvalue weighted by atomic mass is 79.9. The van der Waals surface area contributed by atoms with Crippen LogP contribution in [-0.4, -0.2) is 42.4 Å². The Morgan fingerprint density at radius 2 is 2.12 bits per heavy atom. The fraction of sp³-hybridized carbons (Fsp3) is 0.417. The molecule has 0 spiro atoms. The molecule has 1 saturated heterocycles. The van der Waals surface area contributed by atoms with E-state index >= 15 is 0 Å². The van der Waals surface area contributed by atoms with Crippen molar-refractivity contribution in [2.24, 2.45) is 0 Å². The third-order valence-corrected chi connectivity index (χ3v) is 3.38. The summed E-state index contributed by atoms with van der Waals surface area (Å²) < 4.78 is 0.980. The summed E-state index contributed by atoms with van der Waals surface area (Å²) in [6.45, 7) is 2.96. The zero-order valence-corrected chi connectivity index (χ0v) is 11.4. The zero-order chi connectivity index (χ0) is 12.4. The first-order valence-corrected chi connectivity index (χ1v) is 6.35. The van der Waals surface area contributed by atoms with Gasteiger partial charge in [0, 0.05) is 36.8 Å². The summed E-state index contributed by atoms with van der Waals surface area (Å²) in [7, 11) is 1.84. The fourth-order valence-electron chi connectivity index (χ4n) is 1.97. The molecule has 2 N–H and O–H groups in total. The molecule has 1 aliphatic heterocycles. The number of hydrogen-bond acceptors (Lipinski definition) is 3. The van der Waals surface area contributed by atoms with Crippen LogP contribution in [0.5, 0.6) is 0 Å². The summed E-state index contributed by atoms with van der Waals surface area (Å²) in [6.07, 6.45) is 0. The highest BCUT2D eigenvalue weighted by Crippen LogP contribution is 2.19. The van der Waals surface area contributed by atoms with Crippen LogP contribution in [0.15, 0.2) is 22.7 Å². The number of hydrogen-bond donors (Lipinski definition) is 1. The molecule has 1 fully saturated rings. The lowest BCUT2D eigenvalue weighted by Crippen LogP contribution is -2.47. The largest absolute Gasteiger partial charge is 0.399 e. The molecule has 4 nitrogen and oxygen atoms in total. The highest BCUT2D eigenvalue weighted by Gasteiger charge is 2.20. The van der Waals surface area contributed by atoms with Crippen molar-refractivity contribution in [2.75, 3.05) is 32.4 Å². The Labute approximate surface area is 110 Å². The summed E-state index contributed by atoms with van der Waals surface area (Å²) in [5, 5.41) is 0. The van der Waals surface area contributed by atoms with Crippen LogP contribution in [0.3, 0.4) is 0 Å². The van der Waals surface area contributed by atoms with E-state index in [-0.39, 0.29) is 5.91 Å². The molecule has 0 radical (unpaired) electrons. The number of halogens is 1. The van der Waals surface area contributed by atoms with Crippen molar-refractivity contribution in [3.63, 3.8) is 0 Å². The van der Waals surface area contributed by atoms with Gasteiger partial charge in [0.15, 0.2) is 0 Å². The first kappa shape index (κ1) is 12.4. The number of piperazine rings is 1. The minimum Gasteiger partial charge on any atom is -0.399 e. The quantitative estimate of drug-likeness (QED) is 0.838. The molecule has 0 aliphatic carbocycles. The van der Waals surface area contributed by atoms with Crippen molar-refractivity contribution in [2.45, 2.75) is 6.54 Å². The lowest BCUT2D eigenvalue weighted by atomic mass is 10.2. The van der Waals surface area contributed by atoms with Gasteiger partial charge >= 0.3 is 0 Å². The van der Waals surface area contributed by atoms with Crippen LogP contribution in [0, 0.1) is 0 Å². The molecule has 92 valence electrons. The molecule has 0 atom stereocenters. The van der Waals surface area contributed by atoms with Crippen LogP contribution >= 0.6 is 15.9 Å². The number of nitrogen functional groups attached to an aromatic ring is 1. The Bertz CT molecular complexity index is 416. The number of nitrogens with two attached hydrogens (primary N) is 1. The number of carbonyl (C=O) groups excluding carboxylic acids is 1. The summed E-state index contributed by atoms with van der Waals surface area (Å²) in [4.78, 5) is 15.5. The Balaban J connectivity index is 2.03. The van der Waals surface area contributed by atoms with Gasteiger partial charge in [0.25, 0.3) is 0 Å². The summed E-state index contributed by atoms with van der Waals surface area (Å²) >= 11 is 3.43. The summed E-state index contributed by atoms with van der Waals surface area (Å²) in [5.74, 6) is 0.180. The first-order chi connectivity index (χ1) is 8.04. The maximum Gasteiger partial charge on any atom is 0.236 e. The topological polar surface area (TPSA) is 49.6 Å². The van der Waals surface area contributed by atoms with Gasteiger partial charge in [-0.2, -0.15) is 0 Å². The first-order valence-electron chi connectivity index (χ1n) is 5.56. The Morgan fingerprint density at radius 3 is 2.76 bits per heavy atom. The van der Waals surface area contributed by atoms with E-state index < -0.39 is 0 Å². The van der Waals surface area contributed by atoms with Gasteiger partial charge in [-0.15, -0.1) is 0 Å². The van der Waals surface area contributed by atoms with Gasteiger partial charge in [0.2, 0.25) is 5.91 Å². The minimum absolute atomic E-state index is 0.180. The molecule has 1 aromatic rings. The molecule has 0 unspecified atom stereocenters. The minimum atomic E-state index is 0.180. The molecule has 1 aromatic carbocycles. The maximum atomic E-state index is 11.6. The van der Waals surface area contributed by atoms with Gasteiger partial charge in [0.05, 0.1) is 6.54 Å². The molecule has 0 saturated carbocycles. The molecule has 1 aliphatic rings. The number of benzene rings is 1. The molecule has 0 bridgehead atoms. The fourth-order valence-corrected chi connectivity index (χ4v) is 2.53. The summed E-state index contributed by atoms with van der Waals surface area (Å²) in [5.41, 5.74) is 7.67. The van der Waals surface area contributed by atoms with Crippen molar-refractivity contribution in [3.05, 3.63) is 28.2 Å². The molecule has 5 heteroatoms. The molecule has 0 aromatic heterocycles. The number of likely N-dealkylation sites (N-methyl/N-ethyl adjacent to an activating group) is 1. The van der Waals surface area contributed by atoms with Gasteiger partial charge in [-0.1, -0.05) is 15.9 Å². The number of nitrogens with zero attached hydrogens (tertiary/aromatic N) is 2.